The summed E-state index contributed by atoms with van der Waals surface area (Å²) in [6, 6.07) is 4.64. The van der Waals surface area contributed by atoms with Crippen molar-refractivity contribution in [1.82, 2.24) is 0 Å². The molecule has 0 N–H and O–H groups in total. The standard InChI is InChI=1S/C12H12BrFO/c1-15-12-6-5-8(14)7-10(12)9-3-2-4-11(9)13/h5-7H,2-4H2,1H3. The average molecular weight is 271 g/mol. The van der Waals surface area contributed by atoms with E-state index in [0.717, 1.165) is 30.6 Å². The first-order chi connectivity index (χ1) is 7.22. The highest BCUT2D eigenvalue weighted by molar-refractivity contribution is 9.11. The van der Waals surface area contributed by atoms with E-state index in [4.69, 9.17) is 4.74 Å². The van der Waals surface area contributed by atoms with E-state index < -0.39 is 0 Å². The van der Waals surface area contributed by atoms with Gasteiger partial charge in [-0.05, 0) is 47.5 Å². The number of ether oxygens (including phenoxy) is 1. The molecule has 0 fully saturated rings. The fraction of sp³-hybridized carbons (Fsp3) is 0.333. The van der Waals surface area contributed by atoms with E-state index in [9.17, 15) is 4.39 Å². The number of hydrogen-bond donors (Lipinski definition) is 0. The largest absolute Gasteiger partial charge is 0.496 e. The van der Waals surface area contributed by atoms with Crippen molar-refractivity contribution in [2.24, 2.45) is 0 Å². The molecule has 1 aromatic carbocycles. The minimum Gasteiger partial charge on any atom is -0.496 e. The molecular formula is C12H12BrFO. The second-order valence-electron chi connectivity index (χ2n) is 3.58. The molecule has 3 heteroatoms. The zero-order chi connectivity index (χ0) is 10.8. The van der Waals surface area contributed by atoms with Crippen LogP contribution in [0.1, 0.15) is 24.8 Å². The number of rotatable bonds is 2. The van der Waals surface area contributed by atoms with E-state index in [1.54, 1.807) is 19.2 Å². The number of allylic oxidation sites excluding steroid dienone is 2. The van der Waals surface area contributed by atoms with Crippen LogP contribution in [0.3, 0.4) is 0 Å². The van der Waals surface area contributed by atoms with E-state index in [1.807, 2.05) is 0 Å². The molecular weight excluding hydrogens is 259 g/mol. The highest BCUT2D eigenvalue weighted by Crippen LogP contribution is 2.40. The summed E-state index contributed by atoms with van der Waals surface area (Å²) >= 11 is 3.53. The third-order valence-electron chi connectivity index (χ3n) is 2.64. The Morgan fingerprint density at radius 3 is 2.73 bits per heavy atom. The van der Waals surface area contributed by atoms with Gasteiger partial charge in [-0.1, -0.05) is 15.9 Å². The van der Waals surface area contributed by atoms with E-state index in [2.05, 4.69) is 15.9 Å². The molecule has 0 heterocycles. The van der Waals surface area contributed by atoms with Crippen LogP contribution < -0.4 is 4.74 Å². The van der Waals surface area contributed by atoms with Crippen molar-refractivity contribution in [3.63, 3.8) is 0 Å². The third-order valence-corrected chi connectivity index (χ3v) is 3.51. The van der Waals surface area contributed by atoms with Gasteiger partial charge < -0.3 is 4.74 Å². The van der Waals surface area contributed by atoms with Crippen LogP contribution in [-0.2, 0) is 0 Å². The van der Waals surface area contributed by atoms with Gasteiger partial charge in [0.1, 0.15) is 11.6 Å². The summed E-state index contributed by atoms with van der Waals surface area (Å²) in [5.41, 5.74) is 2.05. The van der Waals surface area contributed by atoms with Gasteiger partial charge in [-0.25, -0.2) is 4.39 Å². The Labute approximate surface area is 97.1 Å². The van der Waals surface area contributed by atoms with Crippen LogP contribution in [-0.4, -0.2) is 7.11 Å². The SMILES string of the molecule is COc1ccc(F)cc1C1=C(Br)CCC1. The minimum atomic E-state index is -0.217. The lowest BCUT2D eigenvalue weighted by molar-refractivity contribution is 0.412. The zero-order valence-corrected chi connectivity index (χ0v) is 10.1. The van der Waals surface area contributed by atoms with E-state index in [-0.39, 0.29) is 5.82 Å². The molecule has 1 aromatic rings. The molecule has 1 nitrogen and oxygen atoms in total. The van der Waals surface area contributed by atoms with E-state index in [0.29, 0.717) is 0 Å². The number of benzene rings is 1. The summed E-state index contributed by atoms with van der Waals surface area (Å²) in [5.74, 6) is 0.524. The zero-order valence-electron chi connectivity index (χ0n) is 8.52. The van der Waals surface area contributed by atoms with E-state index >= 15 is 0 Å². The Hall–Kier alpha value is -0.830. The highest BCUT2D eigenvalue weighted by atomic mass is 79.9. The van der Waals surface area contributed by atoms with Crippen LogP contribution in [0.15, 0.2) is 22.7 Å². The van der Waals surface area contributed by atoms with Crippen LogP contribution >= 0.6 is 15.9 Å². The van der Waals surface area contributed by atoms with Crippen molar-refractivity contribution in [2.75, 3.05) is 7.11 Å². The molecule has 80 valence electrons. The van der Waals surface area contributed by atoms with Crippen LogP contribution in [0.5, 0.6) is 5.75 Å². The predicted molar refractivity (Wildman–Crippen MR) is 62.7 cm³/mol. The summed E-state index contributed by atoms with van der Waals surface area (Å²) in [5, 5.41) is 0. The first-order valence-electron chi connectivity index (χ1n) is 4.94. The molecule has 0 bridgehead atoms. The molecule has 0 aliphatic heterocycles. The molecule has 0 unspecified atom stereocenters. The van der Waals surface area contributed by atoms with Gasteiger partial charge in [0.05, 0.1) is 7.11 Å². The summed E-state index contributed by atoms with van der Waals surface area (Å²) in [6.45, 7) is 0. The maximum Gasteiger partial charge on any atom is 0.126 e. The van der Waals surface area contributed by atoms with Crippen LogP contribution in [0.4, 0.5) is 4.39 Å². The Morgan fingerprint density at radius 2 is 2.13 bits per heavy atom. The topological polar surface area (TPSA) is 9.23 Å². The molecule has 1 aliphatic carbocycles. The number of hydrogen-bond acceptors (Lipinski definition) is 1. The fourth-order valence-electron chi connectivity index (χ4n) is 1.90. The lowest BCUT2D eigenvalue weighted by Gasteiger charge is -2.10. The molecule has 0 spiro atoms. The highest BCUT2D eigenvalue weighted by Gasteiger charge is 2.17. The molecule has 0 aromatic heterocycles. The Kier molecular flexibility index (Phi) is 3.10. The second-order valence-corrected chi connectivity index (χ2v) is 4.54. The first kappa shape index (κ1) is 10.7. The van der Waals surface area contributed by atoms with Gasteiger partial charge in [-0.3, -0.25) is 0 Å². The normalized spacial score (nSPS) is 15.9. The van der Waals surface area contributed by atoms with Crippen molar-refractivity contribution < 1.29 is 9.13 Å². The van der Waals surface area contributed by atoms with Crippen molar-refractivity contribution >= 4 is 21.5 Å². The summed E-state index contributed by atoms with van der Waals surface area (Å²) in [7, 11) is 1.61. The first-order valence-corrected chi connectivity index (χ1v) is 5.73. The van der Waals surface area contributed by atoms with Gasteiger partial charge in [-0.15, -0.1) is 0 Å². The quantitative estimate of drug-likeness (QED) is 0.786. The minimum absolute atomic E-state index is 0.217. The molecule has 0 atom stereocenters. The average Bonchev–Trinajstić information content (AvgIpc) is 2.64. The smallest absolute Gasteiger partial charge is 0.126 e. The molecule has 0 saturated heterocycles. The summed E-state index contributed by atoms with van der Waals surface area (Å²) in [6.07, 6.45) is 3.14. The number of methoxy groups -OCH3 is 1. The van der Waals surface area contributed by atoms with Gasteiger partial charge in [-0.2, -0.15) is 0 Å². The fourth-order valence-corrected chi connectivity index (χ4v) is 2.60. The lowest BCUT2D eigenvalue weighted by atomic mass is 10.0. The van der Waals surface area contributed by atoms with Gasteiger partial charge in [0, 0.05) is 5.56 Å². The maximum atomic E-state index is 13.2. The van der Waals surface area contributed by atoms with Crippen LogP contribution in [0.2, 0.25) is 0 Å². The van der Waals surface area contributed by atoms with E-state index in [1.165, 1.54) is 16.1 Å². The molecule has 2 rings (SSSR count). The van der Waals surface area contributed by atoms with Gasteiger partial charge in [0.2, 0.25) is 0 Å². The maximum absolute atomic E-state index is 13.2. The van der Waals surface area contributed by atoms with Crippen LogP contribution in [0.25, 0.3) is 5.57 Å². The van der Waals surface area contributed by atoms with Crippen molar-refractivity contribution in [2.45, 2.75) is 19.3 Å². The summed E-state index contributed by atoms with van der Waals surface area (Å²) < 4.78 is 19.6. The Bertz CT molecular complexity index is 412. The number of halogens is 2. The monoisotopic (exact) mass is 270 g/mol. The predicted octanol–water partition coefficient (Wildman–Crippen LogP) is 4.12. The van der Waals surface area contributed by atoms with Crippen molar-refractivity contribution in [3.05, 3.63) is 34.1 Å². The van der Waals surface area contributed by atoms with Gasteiger partial charge in [0.25, 0.3) is 0 Å². The van der Waals surface area contributed by atoms with Gasteiger partial charge >= 0.3 is 0 Å². The lowest BCUT2D eigenvalue weighted by Crippen LogP contribution is -1.92. The molecule has 0 amide bonds. The Morgan fingerprint density at radius 1 is 1.33 bits per heavy atom. The van der Waals surface area contributed by atoms with Gasteiger partial charge in [0.15, 0.2) is 0 Å². The molecule has 0 radical (unpaired) electrons. The molecule has 15 heavy (non-hydrogen) atoms. The van der Waals surface area contributed by atoms with Crippen molar-refractivity contribution in [3.8, 4) is 5.75 Å². The Balaban J connectivity index is 2.50. The molecule has 0 saturated carbocycles. The summed E-state index contributed by atoms with van der Waals surface area (Å²) in [4.78, 5) is 0. The third kappa shape index (κ3) is 2.07. The second kappa shape index (κ2) is 4.35. The molecule has 1 aliphatic rings. The van der Waals surface area contributed by atoms with Crippen LogP contribution in [0, 0.1) is 5.82 Å². The van der Waals surface area contributed by atoms with Crippen molar-refractivity contribution in [1.29, 1.82) is 0 Å².